The zero-order valence-electron chi connectivity index (χ0n) is 7.73. The largest absolute Gasteiger partial charge is 0.162 e. The Kier molecular flexibility index (Phi) is 8.26. The molecule has 0 aromatic carbocycles. The fourth-order valence-electron chi connectivity index (χ4n) is 0.841. The van der Waals surface area contributed by atoms with Crippen molar-refractivity contribution < 1.29 is 0 Å². The Labute approximate surface area is 75.5 Å². The van der Waals surface area contributed by atoms with Crippen LogP contribution in [0.3, 0.4) is 0 Å². The van der Waals surface area contributed by atoms with Gasteiger partial charge in [-0.2, -0.15) is 11.8 Å². The van der Waals surface area contributed by atoms with Crippen LogP contribution in [0, 0.1) is 6.92 Å². The van der Waals surface area contributed by atoms with Gasteiger partial charge in [0, 0.05) is 0 Å². The Hall–Kier alpha value is 0.0900. The van der Waals surface area contributed by atoms with E-state index >= 15 is 0 Å². The maximum absolute atomic E-state index is 3.78. The second-order valence-corrected chi connectivity index (χ2v) is 4.11. The standard InChI is InChI=1S/C10H19S/c1-4-11-9-7-5-6-8-10(2)3/h8H,1,4-7,9H2,2-3H3. The van der Waals surface area contributed by atoms with E-state index in [0.29, 0.717) is 0 Å². The summed E-state index contributed by atoms with van der Waals surface area (Å²) in [5.74, 6) is 2.29. The molecule has 0 aliphatic carbocycles. The minimum absolute atomic E-state index is 1.02. The molecule has 0 atom stereocenters. The number of rotatable bonds is 6. The highest BCUT2D eigenvalue weighted by Crippen LogP contribution is 2.06. The predicted octanol–water partition coefficient (Wildman–Crippen LogP) is 3.69. The molecule has 0 spiro atoms. The minimum atomic E-state index is 1.02. The van der Waals surface area contributed by atoms with Crippen molar-refractivity contribution in [3.8, 4) is 0 Å². The van der Waals surface area contributed by atoms with Crippen LogP contribution in [-0.4, -0.2) is 11.5 Å². The molecule has 0 amide bonds. The predicted molar refractivity (Wildman–Crippen MR) is 56.0 cm³/mol. The van der Waals surface area contributed by atoms with Crippen LogP contribution in [0.15, 0.2) is 11.6 Å². The third-order valence-electron chi connectivity index (χ3n) is 1.44. The number of thioether (sulfide) groups is 1. The van der Waals surface area contributed by atoms with Gasteiger partial charge in [0.25, 0.3) is 0 Å². The van der Waals surface area contributed by atoms with Crippen molar-refractivity contribution in [2.75, 3.05) is 11.5 Å². The molecule has 11 heavy (non-hydrogen) atoms. The van der Waals surface area contributed by atoms with Crippen LogP contribution in [0.2, 0.25) is 0 Å². The SMILES string of the molecule is [CH2]CSCCCCC=C(C)C. The second kappa shape index (κ2) is 8.19. The van der Waals surface area contributed by atoms with E-state index in [4.69, 9.17) is 0 Å². The van der Waals surface area contributed by atoms with E-state index in [1.54, 1.807) is 0 Å². The average molecular weight is 171 g/mol. The summed E-state index contributed by atoms with van der Waals surface area (Å²) < 4.78 is 0. The first-order valence-electron chi connectivity index (χ1n) is 4.27. The van der Waals surface area contributed by atoms with Crippen LogP contribution in [0.4, 0.5) is 0 Å². The smallest absolute Gasteiger partial charge is 0.00672 e. The lowest BCUT2D eigenvalue weighted by molar-refractivity contribution is 0.819. The third kappa shape index (κ3) is 10.1. The highest BCUT2D eigenvalue weighted by Gasteiger charge is 1.86. The van der Waals surface area contributed by atoms with Crippen molar-refractivity contribution >= 4 is 11.8 Å². The Bertz CT molecular complexity index is 101. The summed E-state index contributed by atoms with van der Waals surface area (Å²) in [5, 5.41) is 0. The van der Waals surface area contributed by atoms with Crippen molar-refractivity contribution in [3.63, 3.8) is 0 Å². The zero-order chi connectivity index (χ0) is 8.53. The maximum Gasteiger partial charge on any atom is -0.00672 e. The topological polar surface area (TPSA) is 0 Å². The zero-order valence-corrected chi connectivity index (χ0v) is 8.54. The molecule has 1 radical (unpaired) electrons. The Morgan fingerprint density at radius 3 is 2.64 bits per heavy atom. The van der Waals surface area contributed by atoms with Gasteiger partial charge in [0.1, 0.15) is 0 Å². The molecule has 0 aliphatic rings. The summed E-state index contributed by atoms with van der Waals surface area (Å²) >= 11 is 1.94. The van der Waals surface area contributed by atoms with E-state index in [2.05, 4.69) is 26.8 Å². The van der Waals surface area contributed by atoms with Crippen molar-refractivity contribution in [1.82, 2.24) is 0 Å². The number of hydrogen-bond acceptors (Lipinski definition) is 1. The van der Waals surface area contributed by atoms with Crippen molar-refractivity contribution in [2.24, 2.45) is 0 Å². The molecule has 0 fully saturated rings. The lowest BCUT2D eigenvalue weighted by Crippen LogP contribution is -1.80. The molecule has 1 heteroatoms. The molecular formula is C10H19S. The van der Waals surface area contributed by atoms with Crippen LogP contribution in [-0.2, 0) is 0 Å². The van der Waals surface area contributed by atoms with Crippen LogP contribution >= 0.6 is 11.8 Å². The summed E-state index contributed by atoms with van der Waals surface area (Å²) in [5.41, 5.74) is 1.44. The van der Waals surface area contributed by atoms with Crippen LogP contribution in [0.5, 0.6) is 0 Å². The van der Waals surface area contributed by atoms with Gasteiger partial charge in [-0.1, -0.05) is 11.6 Å². The fraction of sp³-hybridized carbons (Fsp3) is 0.700. The monoisotopic (exact) mass is 171 g/mol. The highest BCUT2D eigenvalue weighted by atomic mass is 32.2. The van der Waals surface area contributed by atoms with Gasteiger partial charge in [-0.3, -0.25) is 0 Å². The molecule has 0 aromatic rings. The molecule has 0 rings (SSSR count). The molecule has 0 aromatic heterocycles. The molecule has 0 unspecified atom stereocenters. The average Bonchev–Trinajstić information content (AvgIpc) is 1.96. The van der Waals surface area contributed by atoms with Gasteiger partial charge >= 0.3 is 0 Å². The molecular weight excluding hydrogens is 152 g/mol. The third-order valence-corrected chi connectivity index (χ3v) is 2.31. The summed E-state index contributed by atoms with van der Waals surface area (Å²) in [6.45, 7) is 8.10. The Morgan fingerprint density at radius 2 is 2.09 bits per heavy atom. The van der Waals surface area contributed by atoms with E-state index in [0.717, 1.165) is 5.75 Å². The van der Waals surface area contributed by atoms with Gasteiger partial charge in [-0.05, 0) is 51.5 Å². The van der Waals surface area contributed by atoms with Crippen LogP contribution in [0.1, 0.15) is 33.1 Å². The van der Waals surface area contributed by atoms with Gasteiger partial charge in [0.2, 0.25) is 0 Å². The van der Waals surface area contributed by atoms with Crippen molar-refractivity contribution in [1.29, 1.82) is 0 Å². The van der Waals surface area contributed by atoms with Crippen molar-refractivity contribution in [3.05, 3.63) is 18.6 Å². The molecule has 0 N–H and O–H groups in total. The first-order valence-corrected chi connectivity index (χ1v) is 5.43. The second-order valence-electron chi connectivity index (χ2n) is 2.89. The quantitative estimate of drug-likeness (QED) is 0.434. The first kappa shape index (κ1) is 11.1. The fourth-order valence-corrected chi connectivity index (χ4v) is 1.45. The normalized spacial score (nSPS) is 9.73. The van der Waals surface area contributed by atoms with Crippen molar-refractivity contribution in [2.45, 2.75) is 33.1 Å². The van der Waals surface area contributed by atoms with Gasteiger partial charge in [-0.25, -0.2) is 0 Å². The van der Waals surface area contributed by atoms with E-state index in [1.165, 1.54) is 30.6 Å². The van der Waals surface area contributed by atoms with Gasteiger partial charge in [-0.15, -0.1) is 0 Å². The summed E-state index contributed by atoms with van der Waals surface area (Å²) in [6, 6.07) is 0. The summed E-state index contributed by atoms with van der Waals surface area (Å²) in [4.78, 5) is 0. The molecule has 0 aliphatic heterocycles. The van der Waals surface area contributed by atoms with Crippen LogP contribution in [0.25, 0.3) is 0 Å². The molecule has 65 valence electrons. The maximum atomic E-state index is 3.78. The van der Waals surface area contributed by atoms with E-state index in [9.17, 15) is 0 Å². The highest BCUT2D eigenvalue weighted by molar-refractivity contribution is 7.99. The molecule has 0 saturated carbocycles. The Morgan fingerprint density at radius 1 is 1.36 bits per heavy atom. The summed E-state index contributed by atoms with van der Waals surface area (Å²) in [7, 11) is 0. The summed E-state index contributed by atoms with van der Waals surface area (Å²) in [6.07, 6.45) is 6.23. The number of hydrogen-bond donors (Lipinski definition) is 0. The molecule has 0 nitrogen and oxygen atoms in total. The van der Waals surface area contributed by atoms with Gasteiger partial charge < -0.3 is 0 Å². The molecule has 0 bridgehead atoms. The minimum Gasteiger partial charge on any atom is -0.162 e. The van der Waals surface area contributed by atoms with Gasteiger partial charge in [0.05, 0.1) is 0 Å². The Balaban J connectivity index is 2.97. The molecule has 0 heterocycles. The van der Waals surface area contributed by atoms with Crippen LogP contribution < -0.4 is 0 Å². The van der Waals surface area contributed by atoms with E-state index in [1.807, 2.05) is 11.8 Å². The number of allylic oxidation sites excluding steroid dienone is 2. The first-order chi connectivity index (χ1) is 5.27. The molecule has 0 saturated heterocycles. The van der Waals surface area contributed by atoms with E-state index < -0.39 is 0 Å². The van der Waals surface area contributed by atoms with E-state index in [-0.39, 0.29) is 0 Å². The van der Waals surface area contributed by atoms with Gasteiger partial charge in [0.15, 0.2) is 0 Å². The number of unbranched alkanes of at least 4 members (excludes halogenated alkanes) is 2. The lowest BCUT2D eigenvalue weighted by atomic mass is 10.2. The lowest BCUT2D eigenvalue weighted by Gasteiger charge is -1.96.